The summed E-state index contributed by atoms with van der Waals surface area (Å²) in [6.45, 7) is 1.49. The molecule has 28 heavy (non-hydrogen) atoms. The van der Waals surface area contributed by atoms with Gasteiger partial charge in [-0.05, 0) is 29.3 Å². The molecule has 1 aliphatic rings. The lowest BCUT2D eigenvalue weighted by Gasteiger charge is -2.28. The van der Waals surface area contributed by atoms with Crippen LogP contribution < -0.4 is 10.6 Å². The predicted octanol–water partition coefficient (Wildman–Crippen LogP) is 5.14. The third-order valence-electron chi connectivity index (χ3n) is 5.48. The first-order chi connectivity index (χ1) is 13.6. The molecule has 150 valence electrons. The van der Waals surface area contributed by atoms with Gasteiger partial charge in [0, 0.05) is 11.8 Å². The van der Waals surface area contributed by atoms with E-state index in [-0.39, 0.29) is 30.3 Å². The standard InChI is InChI=1S/C23H30N2O2S/c1-17(26)24-21(22-13-8-14-28-22)16-23(27)25-20(19-11-6-3-7-12-19)15-18-9-4-2-5-10-18/h3,6-8,11-14,18,20-21H,2,4-5,9-10,15-16H2,1H3,(H,24,26)(H,25,27). The minimum Gasteiger partial charge on any atom is -0.349 e. The number of thiophene rings is 1. The monoisotopic (exact) mass is 398 g/mol. The van der Waals surface area contributed by atoms with Gasteiger partial charge in [0.25, 0.3) is 0 Å². The Kier molecular flexibility index (Phi) is 7.66. The van der Waals surface area contributed by atoms with Gasteiger partial charge in [-0.1, -0.05) is 68.5 Å². The molecule has 2 amide bonds. The summed E-state index contributed by atoms with van der Waals surface area (Å²) in [6, 6.07) is 13.9. The molecular formula is C23H30N2O2S. The fourth-order valence-electron chi connectivity index (χ4n) is 4.12. The summed E-state index contributed by atoms with van der Waals surface area (Å²) in [5.41, 5.74) is 1.16. The number of carbonyl (C=O) groups is 2. The van der Waals surface area contributed by atoms with Crippen LogP contribution in [0.15, 0.2) is 47.8 Å². The number of benzene rings is 1. The lowest BCUT2D eigenvalue weighted by atomic mass is 9.83. The molecule has 1 saturated carbocycles. The highest BCUT2D eigenvalue weighted by Gasteiger charge is 2.24. The molecule has 1 aliphatic carbocycles. The van der Waals surface area contributed by atoms with E-state index in [9.17, 15) is 9.59 Å². The van der Waals surface area contributed by atoms with Crippen molar-refractivity contribution in [2.24, 2.45) is 5.92 Å². The van der Waals surface area contributed by atoms with Gasteiger partial charge in [-0.3, -0.25) is 9.59 Å². The van der Waals surface area contributed by atoms with Gasteiger partial charge in [0.2, 0.25) is 11.8 Å². The largest absolute Gasteiger partial charge is 0.349 e. The third-order valence-corrected chi connectivity index (χ3v) is 6.47. The Morgan fingerprint density at radius 1 is 1.00 bits per heavy atom. The smallest absolute Gasteiger partial charge is 0.222 e. The SMILES string of the molecule is CC(=O)NC(CC(=O)NC(CC1CCCCC1)c1ccccc1)c1cccs1. The first-order valence-corrected chi connectivity index (χ1v) is 11.1. The highest BCUT2D eigenvalue weighted by Crippen LogP contribution is 2.32. The van der Waals surface area contributed by atoms with Gasteiger partial charge in [0.15, 0.2) is 0 Å². The average Bonchev–Trinajstić information content (AvgIpc) is 3.23. The van der Waals surface area contributed by atoms with Crippen LogP contribution in [0.5, 0.6) is 0 Å². The predicted molar refractivity (Wildman–Crippen MR) is 114 cm³/mol. The fourth-order valence-corrected chi connectivity index (χ4v) is 4.89. The number of hydrogen-bond acceptors (Lipinski definition) is 3. The topological polar surface area (TPSA) is 58.2 Å². The molecule has 0 saturated heterocycles. The van der Waals surface area contributed by atoms with Crippen LogP contribution in [-0.2, 0) is 9.59 Å². The Bertz CT molecular complexity index is 739. The van der Waals surface area contributed by atoms with Crippen molar-refractivity contribution in [3.63, 3.8) is 0 Å². The summed E-state index contributed by atoms with van der Waals surface area (Å²) in [7, 11) is 0. The molecule has 2 aromatic rings. The Balaban J connectivity index is 1.68. The average molecular weight is 399 g/mol. The number of amides is 2. The first-order valence-electron chi connectivity index (χ1n) is 10.3. The molecule has 0 aliphatic heterocycles. The van der Waals surface area contributed by atoms with Crippen molar-refractivity contribution in [3.8, 4) is 0 Å². The molecule has 0 spiro atoms. The summed E-state index contributed by atoms with van der Waals surface area (Å²) in [5, 5.41) is 8.15. The van der Waals surface area contributed by atoms with Crippen molar-refractivity contribution in [1.82, 2.24) is 10.6 Å². The van der Waals surface area contributed by atoms with Crippen LogP contribution in [-0.4, -0.2) is 11.8 Å². The molecule has 5 heteroatoms. The summed E-state index contributed by atoms with van der Waals surface area (Å²) in [4.78, 5) is 25.5. The summed E-state index contributed by atoms with van der Waals surface area (Å²) < 4.78 is 0. The van der Waals surface area contributed by atoms with E-state index >= 15 is 0 Å². The van der Waals surface area contributed by atoms with Crippen LogP contribution in [0.25, 0.3) is 0 Å². The maximum absolute atomic E-state index is 12.9. The molecule has 1 aromatic heterocycles. The fraction of sp³-hybridized carbons (Fsp3) is 0.478. The summed E-state index contributed by atoms with van der Waals surface area (Å²) in [6.07, 6.45) is 7.67. The van der Waals surface area contributed by atoms with Gasteiger partial charge < -0.3 is 10.6 Å². The van der Waals surface area contributed by atoms with Crippen molar-refractivity contribution < 1.29 is 9.59 Å². The van der Waals surface area contributed by atoms with Crippen molar-refractivity contribution in [1.29, 1.82) is 0 Å². The molecule has 2 atom stereocenters. The number of nitrogens with one attached hydrogen (secondary N) is 2. The minimum atomic E-state index is -0.274. The molecule has 0 bridgehead atoms. The molecule has 2 unspecified atom stereocenters. The zero-order valence-corrected chi connectivity index (χ0v) is 17.3. The normalized spacial score (nSPS) is 16.9. The maximum atomic E-state index is 12.9. The van der Waals surface area contributed by atoms with E-state index in [0.717, 1.165) is 16.9 Å². The molecule has 1 fully saturated rings. The van der Waals surface area contributed by atoms with E-state index in [1.54, 1.807) is 11.3 Å². The third kappa shape index (κ3) is 6.20. The minimum absolute atomic E-state index is 0.0168. The summed E-state index contributed by atoms with van der Waals surface area (Å²) >= 11 is 1.56. The van der Waals surface area contributed by atoms with Crippen molar-refractivity contribution >= 4 is 23.2 Å². The van der Waals surface area contributed by atoms with Gasteiger partial charge in [-0.2, -0.15) is 0 Å². The van der Waals surface area contributed by atoms with Crippen LogP contribution in [0, 0.1) is 5.92 Å². The van der Waals surface area contributed by atoms with E-state index in [1.165, 1.54) is 39.0 Å². The number of carbonyl (C=O) groups excluding carboxylic acids is 2. The van der Waals surface area contributed by atoms with Crippen LogP contribution in [0.4, 0.5) is 0 Å². The van der Waals surface area contributed by atoms with E-state index < -0.39 is 0 Å². The van der Waals surface area contributed by atoms with Crippen molar-refractivity contribution in [2.75, 3.05) is 0 Å². The van der Waals surface area contributed by atoms with Gasteiger partial charge >= 0.3 is 0 Å². The zero-order chi connectivity index (χ0) is 19.8. The summed E-state index contributed by atoms with van der Waals surface area (Å²) in [5.74, 6) is 0.535. The molecule has 1 heterocycles. The van der Waals surface area contributed by atoms with E-state index in [2.05, 4.69) is 22.8 Å². The van der Waals surface area contributed by atoms with Crippen molar-refractivity contribution in [3.05, 3.63) is 58.3 Å². The zero-order valence-electron chi connectivity index (χ0n) is 16.5. The van der Waals surface area contributed by atoms with Crippen LogP contribution in [0.1, 0.15) is 74.4 Å². The molecule has 1 aromatic carbocycles. The van der Waals surface area contributed by atoms with Crippen LogP contribution in [0.2, 0.25) is 0 Å². The molecule has 3 rings (SSSR count). The van der Waals surface area contributed by atoms with Gasteiger partial charge in [0.1, 0.15) is 0 Å². The van der Waals surface area contributed by atoms with Crippen LogP contribution in [0.3, 0.4) is 0 Å². The van der Waals surface area contributed by atoms with Crippen molar-refractivity contribution in [2.45, 2.75) is 64.0 Å². The Morgan fingerprint density at radius 2 is 1.75 bits per heavy atom. The first kappa shape index (κ1) is 20.6. The van der Waals surface area contributed by atoms with Gasteiger partial charge in [0.05, 0.1) is 18.5 Å². The maximum Gasteiger partial charge on any atom is 0.222 e. The quantitative estimate of drug-likeness (QED) is 0.646. The second kappa shape index (κ2) is 10.4. The Morgan fingerprint density at radius 3 is 2.39 bits per heavy atom. The molecule has 4 nitrogen and oxygen atoms in total. The number of hydrogen-bond donors (Lipinski definition) is 2. The van der Waals surface area contributed by atoms with Gasteiger partial charge in [-0.15, -0.1) is 11.3 Å². The molecule has 2 N–H and O–H groups in total. The molecule has 0 radical (unpaired) electrons. The van der Waals surface area contributed by atoms with E-state index in [0.29, 0.717) is 5.92 Å². The highest BCUT2D eigenvalue weighted by molar-refractivity contribution is 7.10. The van der Waals surface area contributed by atoms with E-state index in [4.69, 9.17) is 0 Å². The lowest BCUT2D eigenvalue weighted by molar-refractivity contribution is -0.123. The molecular weight excluding hydrogens is 368 g/mol. The second-order valence-corrected chi connectivity index (χ2v) is 8.72. The Hall–Kier alpha value is -2.14. The number of rotatable bonds is 8. The van der Waals surface area contributed by atoms with Gasteiger partial charge in [-0.25, -0.2) is 0 Å². The van der Waals surface area contributed by atoms with E-state index in [1.807, 2.05) is 35.7 Å². The Labute approximate surface area is 171 Å². The van der Waals surface area contributed by atoms with Crippen LogP contribution >= 0.6 is 11.3 Å². The lowest BCUT2D eigenvalue weighted by Crippen LogP contribution is -2.35. The highest BCUT2D eigenvalue weighted by atomic mass is 32.1. The second-order valence-electron chi connectivity index (χ2n) is 7.74.